The molecule has 22 heavy (non-hydrogen) atoms. The SMILES string of the molecule is COc1ccc(NC(=O)c2cc(NC(C)C)ncn2)cc1Cl. The van der Waals surface area contributed by atoms with E-state index in [1.165, 1.54) is 13.4 Å². The fraction of sp³-hybridized carbons (Fsp3) is 0.267. The molecule has 2 N–H and O–H groups in total. The van der Waals surface area contributed by atoms with Gasteiger partial charge in [-0.1, -0.05) is 11.6 Å². The van der Waals surface area contributed by atoms with Gasteiger partial charge in [-0.25, -0.2) is 9.97 Å². The smallest absolute Gasteiger partial charge is 0.274 e. The van der Waals surface area contributed by atoms with Crippen LogP contribution in [0.4, 0.5) is 11.5 Å². The van der Waals surface area contributed by atoms with Crippen LogP contribution in [0.1, 0.15) is 24.3 Å². The van der Waals surface area contributed by atoms with Crippen molar-refractivity contribution >= 4 is 29.0 Å². The van der Waals surface area contributed by atoms with Crippen LogP contribution in [0.2, 0.25) is 5.02 Å². The van der Waals surface area contributed by atoms with Crippen molar-refractivity contribution in [3.05, 3.63) is 41.3 Å². The average Bonchev–Trinajstić information content (AvgIpc) is 2.47. The van der Waals surface area contributed by atoms with Gasteiger partial charge in [0.1, 0.15) is 23.6 Å². The van der Waals surface area contributed by atoms with Crippen molar-refractivity contribution in [2.45, 2.75) is 19.9 Å². The number of nitrogens with one attached hydrogen (secondary N) is 2. The summed E-state index contributed by atoms with van der Waals surface area (Å²) in [5.74, 6) is 0.809. The standard InChI is InChI=1S/C15H17ClN4O2/c1-9(2)19-14-7-12(17-8-18-14)15(21)20-10-4-5-13(22-3)11(16)6-10/h4-9H,1-3H3,(H,20,21)(H,17,18,19). The minimum atomic E-state index is -0.338. The number of benzene rings is 1. The maximum Gasteiger partial charge on any atom is 0.274 e. The molecule has 2 rings (SSSR count). The quantitative estimate of drug-likeness (QED) is 0.884. The Morgan fingerprint density at radius 3 is 2.68 bits per heavy atom. The molecule has 1 aromatic carbocycles. The van der Waals surface area contributed by atoms with Crippen molar-refractivity contribution in [1.29, 1.82) is 0 Å². The largest absolute Gasteiger partial charge is 0.495 e. The third-order valence-electron chi connectivity index (χ3n) is 2.75. The summed E-state index contributed by atoms with van der Waals surface area (Å²) in [4.78, 5) is 20.3. The van der Waals surface area contributed by atoms with E-state index in [0.717, 1.165) is 0 Å². The molecule has 0 aliphatic heterocycles. The molecule has 0 radical (unpaired) electrons. The fourth-order valence-corrected chi connectivity index (χ4v) is 2.05. The van der Waals surface area contributed by atoms with Gasteiger partial charge in [0.15, 0.2) is 0 Å². The number of anilines is 2. The van der Waals surface area contributed by atoms with E-state index in [1.807, 2.05) is 13.8 Å². The maximum atomic E-state index is 12.2. The highest BCUT2D eigenvalue weighted by molar-refractivity contribution is 6.32. The molecule has 0 aliphatic rings. The topological polar surface area (TPSA) is 76.1 Å². The first-order valence-electron chi connectivity index (χ1n) is 6.73. The van der Waals surface area contributed by atoms with Crippen LogP contribution in [0.5, 0.6) is 5.75 Å². The summed E-state index contributed by atoms with van der Waals surface area (Å²) in [5, 5.41) is 6.27. The van der Waals surface area contributed by atoms with E-state index in [2.05, 4.69) is 20.6 Å². The van der Waals surface area contributed by atoms with Crippen molar-refractivity contribution < 1.29 is 9.53 Å². The fourth-order valence-electron chi connectivity index (χ4n) is 1.80. The van der Waals surface area contributed by atoms with Gasteiger partial charge in [0.05, 0.1) is 12.1 Å². The number of hydrogen-bond acceptors (Lipinski definition) is 5. The lowest BCUT2D eigenvalue weighted by molar-refractivity contribution is 0.102. The summed E-state index contributed by atoms with van der Waals surface area (Å²) < 4.78 is 5.07. The zero-order valence-electron chi connectivity index (χ0n) is 12.6. The number of ether oxygens (including phenoxy) is 1. The third-order valence-corrected chi connectivity index (χ3v) is 3.04. The highest BCUT2D eigenvalue weighted by Gasteiger charge is 2.11. The minimum absolute atomic E-state index is 0.214. The predicted molar refractivity (Wildman–Crippen MR) is 86.7 cm³/mol. The molecule has 0 atom stereocenters. The van der Waals surface area contributed by atoms with Gasteiger partial charge in [-0.2, -0.15) is 0 Å². The summed E-state index contributed by atoms with van der Waals surface area (Å²) in [6.07, 6.45) is 1.35. The van der Waals surface area contributed by atoms with Gasteiger partial charge < -0.3 is 15.4 Å². The highest BCUT2D eigenvalue weighted by atomic mass is 35.5. The third kappa shape index (κ3) is 4.08. The summed E-state index contributed by atoms with van der Waals surface area (Å²) in [6, 6.07) is 6.82. The molecular weight excluding hydrogens is 304 g/mol. The van der Waals surface area contributed by atoms with Crippen molar-refractivity contribution in [1.82, 2.24) is 9.97 Å². The number of hydrogen-bond donors (Lipinski definition) is 2. The number of rotatable bonds is 5. The molecule has 0 unspecified atom stereocenters. The molecule has 116 valence electrons. The van der Waals surface area contributed by atoms with Gasteiger partial charge in [0.2, 0.25) is 0 Å². The molecule has 1 heterocycles. The lowest BCUT2D eigenvalue weighted by Gasteiger charge is -2.10. The number of methoxy groups -OCH3 is 1. The van der Waals surface area contributed by atoms with Gasteiger partial charge in [-0.3, -0.25) is 4.79 Å². The van der Waals surface area contributed by atoms with Gasteiger partial charge in [0, 0.05) is 17.8 Å². The van der Waals surface area contributed by atoms with Gasteiger partial charge in [-0.05, 0) is 32.0 Å². The van der Waals surface area contributed by atoms with Crippen LogP contribution >= 0.6 is 11.6 Å². The molecule has 1 aromatic heterocycles. The summed E-state index contributed by atoms with van der Waals surface area (Å²) in [6.45, 7) is 3.97. The Bertz CT molecular complexity index is 676. The first-order chi connectivity index (χ1) is 10.5. The van der Waals surface area contributed by atoms with Crippen LogP contribution in [0.25, 0.3) is 0 Å². The number of halogens is 1. The number of nitrogens with zero attached hydrogens (tertiary/aromatic N) is 2. The molecule has 0 aliphatic carbocycles. The Kier molecular flexibility index (Phi) is 5.16. The van der Waals surface area contributed by atoms with Crippen LogP contribution in [0.3, 0.4) is 0 Å². The first kappa shape index (κ1) is 16.0. The number of carbonyl (C=O) groups excluding carboxylic acids is 1. The van der Waals surface area contributed by atoms with Crippen LogP contribution in [0.15, 0.2) is 30.6 Å². The highest BCUT2D eigenvalue weighted by Crippen LogP contribution is 2.27. The van der Waals surface area contributed by atoms with Crippen molar-refractivity contribution in [2.24, 2.45) is 0 Å². The normalized spacial score (nSPS) is 10.4. The van der Waals surface area contributed by atoms with Crippen LogP contribution < -0.4 is 15.4 Å². The molecule has 0 saturated carbocycles. The maximum absolute atomic E-state index is 12.2. The Morgan fingerprint density at radius 1 is 1.27 bits per heavy atom. The van der Waals surface area contributed by atoms with E-state index in [9.17, 15) is 4.79 Å². The van der Waals surface area contributed by atoms with E-state index >= 15 is 0 Å². The molecule has 0 bridgehead atoms. The zero-order valence-corrected chi connectivity index (χ0v) is 13.3. The molecule has 0 saturated heterocycles. The van der Waals surface area contributed by atoms with Crippen LogP contribution in [-0.2, 0) is 0 Å². The monoisotopic (exact) mass is 320 g/mol. The molecule has 1 amide bonds. The van der Waals surface area contributed by atoms with E-state index in [4.69, 9.17) is 16.3 Å². The molecule has 6 nitrogen and oxygen atoms in total. The molecule has 7 heteroatoms. The zero-order chi connectivity index (χ0) is 16.1. The summed E-state index contributed by atoms with van der Waals surface area (Å²) in [5.41, 5.74) is 0.831. The van der Waals surface area contributed by atoms with Crippen molar-refractivity contribution in [3.63, 3.8) is 0 Å². The van der Waals surface area contributed by atoms with E-state index < -0.39 is 0 Å². The number of amides is 1. The second-order valence-electron chi connectivity index (χ2n) is 4.89. The van der Waals surface area contributed by atoms with Crippen LogP contribution in [0, 0.1) is 0 Å². The van der Waals surface area contributed by atoms with Crippen molar-refractivity contribution in [2.75, 3.05) is 17.7 Å². The molecule has 0 fully saturated rings. The average molecular weight is 321 g/mol. The predicted octanol–water partition coefficient (Wildman–Crippen LogP) is 3.21. The van der Waals surface area contributed by atoms with Crippen LogP contribution in [-0.4, -0.2) is 29.0 Å². The molecular formula is C15H17ClN4O2. The Labute approximate surface area is 133 Å². The number of aromatic nitrogens is 2. The molecule has 2 aromatic rings. The second-order valence-corrected chi connectivity index (χ2v) is 5.30. The summed E-state index contributed by atoms with van der Waals surface area (Å²) in [7, 11) is 1.53. The van der Waals surface area contributed by atoms with Crippen molar-refractivity contribution in [3.8, 4) is 5.75 Å². The summed E-state index contributed by atoms with van der Waals surface area (Å²) >= 11 is 6.03. The lowest BCUT2D eigenvalue weighted by Crippen LogP contribution is -2.16. The van der Waals surface area contributed by atoms with E-state index in [1.54, 1.807) is 24.3 Å². The second kappa shape index (κ2) is 7.09. The van der Waals surface area contributed by atoms with Gasteiger partial charge >= 0.3 is 0 Å². The van der Waals surface area contributed by atoms with E-state index in [-0.39, 0.29) is 17.6 Å². The van der Waals surface area contributed by atoms with Gasteiger partial charge in [0.25, 0.3) is 5.91 Å². The van der Waals surface area contributed by atoms with E-state index in [0.29, 0.717) is 22.3 Å². The Balaban J connectivity index is 2.13. The Morgan fingerprint density at radius 2 is 2.05 bits per heavy atom. The Hall–Kier alpha value is -2.34. The molecule has 0 spiro atoms. The minimum Gasteiger partial charge on any atom is -0.495 e. The lowest BCUT2D eigenvalue weighted by atomic mass is 10.2. The first-order valence-corrected chi connectivity index (χ1v) is 7.11. The number of carbonyl (C=O) groups is 1. The van der Waals surface area contributed by atoms with Gasteiger partial charge in [-0.15, -0.1) is 0 Å².